The fraction of sp³-hybridized carbons (Fsp3) is 0.429. The van der Waals surface area contributed by atoms with E-state index >= 15 is 0 Å². The van der Waals surface area contributed by atoms with Crippen LogP contribution in [0.2, 0.25) is 0 Å². The van der Waals surface area contributed by atoms with Gasteiger partial charge in [0.25, 0.3) is 0 Å². The maximum atomic E-state index is 14.2. The molecule has 0 aliphatic carbocycles. The van der Waals surface area contributed by atoms with Gasteiger partial charge in [0.2, 0.25) is 0 Å². The summed E-state index contributed by atoms with van der Waals surface area (Å²) in [4.78, 5) is 0. The summed E-state index contributed by atoms with van der Waals surface area (Å²) in [6.45, 7) is 7.84. The molecule has 0 amide bonds. The van der Waals surface area contributed by atoms with Gasteiger partial charge in [-0.2, -0.15) is 0 Å². The van der Waals surface area contributed by atoms with Crippen LogP contribution < -0.4 is 0 Å². The van der Waals surface area contributed by atoms with E-state index in [1.54, 1.807) is 18.2 Å². The predicted molar refractivity (Wildman–Crippen MR) is 92.5 cm³/mol. The second-order valence-corrected chi connectivity index (χ2v) is 7.75. The minimum atomic E-state index is -0.486. The fourth-order valence-corrected chi connectivity index (χ4v) is 3.13. The lowest BCUT2D eigenvalue weighted by Crippen LogP contribution is -2.19. The van der Waals surface area contributed by atoms with Crippen molar-refractivity contribution in [2.24, 2.45) is 11.3 Å². The van der Waals surface area contributed by atoms with Gasteiger partial charge in [-0.25, -0.2) is 13.2 Å². The molecule has 0 saturated carbocycles. The Morgan fingerprint density at radius 2 is 1.46 bits per heavy atom. The molecule has 0 aliphatic heterocycles. The first-order chi connectivity index (χ1) is 11.2. The Balaban J connectivity index is 2.19. The minimum absolute atomic E-state index is 0.153. The molecule has 0 atom stereocenters. The third-order valence-corrected chi connectivity index (χ3v) is 4.12. The molecule has 0 fully saturated rings. The highest BCUT2D eigenvalue weighted by molar-refractivity contribution is 5.28. The molecule has 0 saturated heterocycles. The molecule has 0 bridgehead atoms. The van der Waals surface area contributed by atoms with Gasteiger partial charge in [0.05, 0.1) is 0 Å². The van der Waals surface area contributed by atoms with E-state index in [2.05, 4.69) is 0 Å². The van der Waals surface area contributed by atoms with Crippen molar-refractivity contribution in [2.75, 3.05) is 0 Å². The number of hydrogen-bond donors (Lipinski definition) is 0. The molecule has 0 nitrogen and oxygen atoms in total. The number of benzene rings is 2. The summed E-state index contributed by atoms with van der Waals surface area (Å²) in [6, 6.07) is 9.49. The maximum Gasteiger partial charge on any atom is 0.129 e. The summed E-state index contributed by atoms with van der Waals surface area (Å²) < 4.78 is 42.3. The summed E-state index contributed by atoms with van der Waals surface area (Å²) in [6.07, 6.45) is 1.38. The van der Waals surface area contributed by atoms with Crippen LogP contribution in [0.4, 0.5) is 13.2 Å². The Hall–Kier alpha value is -1.77. The topological polar surface area (TPSA) is 0 Å². The van der Waals surface area contributed by atoms with Crippen LogP contribution in [0.5, 0.6) is 0 Å². The quantitative estimate of drug-likeness (QED) is 0.597. The molecule has 0 aromatic heterocycles. The summed E-state index contributed by atoms with van der Waals surface area (Å²) in [5.41, 5.74) is 1.08. The Labute approximate surface area is 142 Å². The van der Waals surface area contributed by atoms with E-state index in [0.717, 1.165) is 0 Å². The van der Waals surface area contributed by atoms with E-state index in [9.17, 15) is 13.2 Å². The lowest BCUT2D eigenvalue weighted by atomic mass is 9.80. The Morgan fingerprint density at radius 3 is 2.00 bits per heavy atom. The molecule has 0 radical (unpaired) electrons. The van der Waals surface area contributed by atoms with Gasteiger partial charge in [-0.05, 0) is 59.9 Å². The number of rotatable bonds is 6. The van der Waals surface area contributed by atoms with Crippen molar-refractivity contribution in [3.8, 4) is 0 Å². The van der Waals surface area contributed by atoms with Gasteiger partial charge < -0.3 is 0 Å². The van der Waals surface area contributed by atoms with Gasteiger partial charge in [0, 0.05) is 5.56 Å². The van der Waals surface area contributed by atoms with Gasteiger partial charge in [-0.3, -0.25) is 0 Å². The van der Waals surface area contributed by atoms with E-state index < -0.39 is 11.6 Å². The average molecular weight is 334 g/mol. The molecule has 0 spiro atoms. The zero-order chi connectivity index (χ0) is 17.9. The monoisotopic (exact) mass is 334 g/mol. The van der Waals surface area contributed by atoms with E-state index in [-0.39, 0.29) is 22.7 Å². The Bertz CT molecular complexity index is 679. The van der Waals surface area contributed by atoms with E-state index in [4.69, 9.17) is 0 Å². The van der Waals surface area contributed by atoms with Crippen molar-refractivity contribution < 1.29 is 13.2 Å². The van der Waals surface area contributed by atoms with Gasteiger partial charge in [0.15, 0.2) is 0 Å². The molecular weight excluding hydrogens is 309 g/mol. The molecule has 0 aliphatic rings. The Morgan fingerprint density at radius 1 is 0.875 bits per heavy atom. The zero-order valence-corrected chi connectivity index (χ0v) is 14.8. The maximum absolute atomic E-state index is 14.2. The first-order valence-corrected chi connectivity index (χ1v) is 8.38. The molecule has 3 heteroatoms. The fourth-order valence-electron chi connectivity index (χ4n) is 3.13. The van der Waals surface area contributed by atoms with Gasteiger partial charge in [0.1, 0.15) is 17.5 Å². The van der Waals surface area contributed by atoms with E-state index in [0.29, 0.717) is 30.4 Å². The lowest BCUT2D eigenvalue weighted by Gasteiger charge is -2.25. The second-order valence-electron chi connectivity index (χ2n) is 7.75. The van der Waals surface area contributed by atoms with Gasteiger partial charge in [-0.15, -0.1) is 0 Å². The van der Waals surface area contributed by atoms with Crippen molar-refractivity contribution in [1.29, 1.82) is 0 Å². The van der Waals surface area contributed by atoms with Gasteiger partial charge in [-0.1, -0.05) is 45.9 Å². The Kier molecular flexibility index (Phi) is 5.74. The molecule has 2 aromatic carbocycles. The van der Waals surface area contributed by atoms with E-state index in [1.165, 1.54) is 18.2 Å². The standard InChI is InChI=1S/C21H25F3/c1-14(2)9-17-19(23)10-15(11-20(17)24)12-21(3,4)13-16-7-5-6-8-18(16)22/h5-8,10-11,14H,9,12-13H2,1-4H3. The van der Waals surface area contributed by atoms with Crippen molar-refractivity contribution in [3.63, 3.8) is 0 Å². The first kappa shape index (κ1) is 18.6. The van der Waals surface area contributed by atoms with Crippen LogP contribution in [-0.2, 0) is 19.3 Å². The molecule has 130 valence electrons. The van der Waals surface area contributed by atoms with Crippen molar-refractivity contribution >= 4 is 0 Å². The normalized spacial score (nSPS) is 12.0. The van der Waals surface area contributed by atoms with Crippen molar-refractivity contribution in [2.45, 2.75) is 47.0 Å². The molecule has 24 heavy (non-hydrogen) atoms. The molecule has 0 N–H and O–H groups in total. The summed E-state index contributed by atoms with van der Waals surface area (Å²) >= 11 is 0. The summed E-state index contributed by atoms with van der Waals surface area (Å²) in [5, 5.41) is 0. The summed E-state index contributed by atoms with van der Waals surface area (Å²) in [5.74, 6) is -1.02. The van der Waals surface area contributed by atoms with Crippen LogP contribution in [0.1, 0.15) is 44.4 Å². The predicted octanol–water partition coefficient (Wildman–Crippen LogP) is 6.11. The van der Waals surface area contributed by atoms with Crippen molar-refractivity contribution in [3.05, 3.63) is 70.5 Å². The molecular formula is C21H25F3. The van der Waals surface area contributed by atoms with Crippen LogP contribution in [0.15, 0.2) is 36.4 Å². The van der Waals surface area contributed by atoms with E-state index in [1.807, 2.05) is 27.7 Å². The molecule has 0 heterocycles. The zero-order valence-electron chi connectivity index (χ0n) is 14.8. The van der Waals surface area contributed by atoms with Crippen LogP contribution >= 0.6 is 0 Å². The largest absolute Gasteiger partial charge is 0.207 e. The van der Waals surface area contributed by atoms with Crippen molar-refractivity contribution in [1.82, 2.24) is 0 Å². The minimum Gasteiger partial charge on any atom is -0.207 e. The third-order valence-electron chi connectivity index (χ3n) is 4.12. The molecule has 0 unspecified atom stereocenters. The smallest absolute Gasteiger partial charge is 0.129 e. The highest BCUT2D eigenvalue weighted by Crippen LogP contribution is 2.29. The van der Waals surface area contributed by atoms with Gasteiger partial charge >= 0.3 is 0 Å². The lowest BCUT2D eigenvalue weighted by molar-refractivity contribution is 0.353. The van der Waals surface area contributed by atoms with Crippen LogP contribution in [0.3, 0.4) is 0 Å². The molecule has 2 aromatic rings. The average Bonchev–Trinajstić information content (AvgIpc) is 2.44. The van der Waals surface area contributed by atoms with Crippen LogP contribution in [0, 0.1) is 28.8 Å². The SMILES string of the molecule is CC(C)Cc1c(F)cc(CC(C)(C)Cc2ccccc2F)cc1F. The number of halogens is 3. The molecule has 2 rings (SSSR count). The third kappa shape index (κ3) is 4.86. The van der Waals surface area contributed by atoms with Crippen LogP contribution in [0.25, 0.3) is 0 Å². The summed E-state index contributed by atoms with van der Waals surface area (Å²) in [7, 11) is 0. The highest BCUT2D eigenvalue weighted by Gasteiger charge is 2.22. The number of hydrogen-bond acceptors (Lipinski definition) is 0. The first-order valence-electron chi connectivity index (χ1n) is 8.38. The second kappa shape index (κ2) is 7.42. The van der Waals surface area contributed by atoms with Crippen LogP contribution in [-0.4, -0.2) is 0 Å². The highest BCUT2D eigenvalue weighted by atomic mass is 19.1.